The first-order chi connectivity index (χ1) is 13.4. The number of benzene rings is 1. The minimum absolute atomic E-state index is 0.00281. The second-order valence-electron chi connectivity index (χ2n) is 6.42. The molecule has 1 amide bonds. The molecular weight excluding hydrogens is 404 g/mol. The Bertz CT molecular complexity index is 764. The molecule has 1 aliphatic heterocycles. The molecule has 6 nitrogen and oxygen atoms in total. The molecule has 2 rings (SSSR count). The molecule has 29 heavy (non-hydrogen) atoms. The lowest BCUT2D eigenvalue weighted by Gasteiger charge is -2.38. The van der Waals surface area contributed by atoms with Crippen LogP contribution in [0.4, 0.5) is 26.3 Å². The highest BCUT2D eigenvalue weighted by molar-refractivity contribution is 5.97. The highest BCUT2D eigenvalue weighted by atomic mass is 19.4. The Morgan fingerprint density at radius 2 is 1.72 bits per heavy atom. The fourth-order valence-electron chi connectivity index (χ4n) is 2.66. The zero-order valence-corrected chi connectivity index (χ0v) is 15.2. The van der Waals surface area contributed by atoms with Gasteiger partial charge in [-0.15, -0.1) is 0 Å². The Kier molecular flexibility index (Phi) is 6.77. The van der Waals surface area contributed by atoms with Gasteiger partial charge < -0.3 is 16.0 Å². The lowest BCUT2D eigenvalue weighted by atomic mass is 10.0. The van der Waals surface area contributed by atoms with E-state index in [-0.39, 0.29) is 12.0 Å². The number of nitrogens with one attached hydrogen (secondary N) is 2. The summed E-state index contributed by atoms with van der Waals surface area (Å²) in [6.07, 6.45) is -7.74. The Morgan fingerprint density at radius 1 is 1.17 bits per heavy atom. The predicted octanol–water partition coefficient (Wildman–Crippen LogP) is 2.13. The van der Waals surface area contributed by atoms with Crippen molar-refractivity contribution >= 4 is 11.7 Å². The highest BCUT2D eigenvalue weighted by Crippen LogP contribution is 2.36. The van der Waals surface area contributed by atoms with Crippen molar-refractivity contribution in [3.63, 3.8) is 0 Å². The summed E-state index contributed by atoms with van der Waals surface area (Å²) in [6, 6.07) is 0.927. The van der Waals surface area contributed by atoms with Crippen LogP contribution in [0.5, 0.6) is 0 Å². The van der Waals surface area contributed by atoms with Crippen molar-refractivity contribution in [2.75, 3.05) is 26.7 Å². The van der Waals surface area contributed by atoms with Gasteiger partial charge in [-0.25, -0.2) is 0 Å². The van der Waals surface area contributed by atoms with Gasteiger partial charge >= 0.3 is 12.4 Å². The molecule has 0 atom stereocenters. The van der Waals surface area contributed by atoms with Crippen LogP contribution in [0.3, 0.4) is 0 Å². The maximum atomic E-state index is 12.9. The van der Waals surface area contributed by atoms with Crippen molar-refractivity contribution in [2.24, 2.45) is 16.8 Å². The fraction of sp³-hybridized carbons (Fsp3) is 0.412. The third kappa shape index (κ3) is 6.11. The quantitative estimate of drug-likeness (QED) is 0.215. The van der Waals surface area contributed by atoms with Gasteiger partial charge in [0.25, 0.3) is 0 Å². The van der Waals surface area contributed by atoms with Crippen LogP contribution < -0.4 is 16.5 Å². The van der Waals surface area contributed by atoms with Crippen LogP contribution in [0.25, 0.3) is 0 Å². The van der Waals surface area contributed by atoms with Gasteiger partial charge in [-0.05, 0) is 25.2 Å². The van der Waals surface area contributed by atoms with Crippen molar-refractivity contribution < 1.29 is 31.1 Å². The summed E-state index contributed by atoms with van der Waals surface area (Å²) in [5.74, 6) is -0.545. The molecule has 0 unspecified atom stereocenters. The van der Waals surface area contributed by atoms with E-state index in [1.54, 1.807) is 11.9 Å². The number of alkyl halides is 6. The normalized spacial score (nSPS) is 16.2. The van der Waals surface area contributed by atoms with Gasteiger partial charge in [0, 0.05) is 43.4 Å². The lowest BCUT2D eigenvalue weighted by Crippen LogP contribution is -2.52. The lowest BCUT2D eigenvalue weighted by molar-refractivity contribution is -0.143. The van der Waals surface area contributed by atoms with Gasteiger partial charge in [0.2, 0.25) is 5.91 Å². The molecule has 0 saturated carbocycles. The van der Waals surface area contributed by atoms with Crippen molar-refractivity contribution in [2.45, 2.75) is 12.4 Å². The van der Waals surface area contributed by atoms with Crippen molar-refractivity contribution in [1.82, 2.24) is 15.6 Å². The van der Waals surface area contributed by atoms with E-state index in [1.165, 1.54) is 0 Å². The Morgan fingerprint density at radius 3 is 2.21 bits per heavy atom. The summed E-state index contributed by atoms with van der Waals surface area (Å²) in [5, 5.41) is 6.50. The van der Waals surface area contributed by atoms with Crippen LogP contribution in [0.2, 0.25) is 0 Å². The van der Waals surface area contributed by atoms with Gasteiger partial charge in [-0.1, -0.05) is 0 Å². The van der Waals surface area contributed by atoms with Crippen LogP contribution >= 0.6 is 0 Å². The van der Waals surface area contributed by atoms with E-state index < -0.39 is 34.9 Å². The Balaban J connectivity index is 2.06. The maximum Gasteiger partial charge on any atom is 0.416 e. The minimum Gasteiger partial charge on any atom is -0.382 e. The number of likely N-dealkylation sites (tertiary alicyclic amines) is 1. The number of halogens is 6. The molecule has 0 aliphatic carbocycles. The highest BCUT2D eigenvalue weighted by Gasteiger charge is 2.37. The van der Waals surface area contributed by atoms with E-state index in [2.05, 4.69) is 15.8 Å². The van der Waals surface area contributed by atoms with Crippen molar-refractivity contribution in [3.05, 3.63) is 47.2 Å². The van der Waals surface area contributed by atoms with Gasteiger partial charge in [0.05, 0.1) is 11.1 Å². The molecule has 1 aromatic carbocycles. The number of amides is 1. The maximum absolute atomic E-state index is 12.9. The molecule has 1 saturated heterocycles. The third-order valence-corrected chi connectivity index (χ3v) is 4.13. The number of carbonyl (C=O) groups excluding carboxylic acids is 1. The summed E-state index contributed by atoms with van der Waals surface area (Å²) < 4.78 is 77.2. The predicted molar refractivity (Wildman–Crippen MR) is 93.4 cm³/mol. The molecule has 12 heteroatoms. The monoisotopic (exact) mass is 423 g/mol. The van der Waals surface area contributed by atoms with Crippen LogP contribution in [0.15, 0.2) is 35.6 Å². The topological polar surface area (TPSA) is 82.8 Å². The summed E-state index contributed by atoms with van der Waals surface area (Å²) in [7, 11) is 1.80. The smallest absolute Gasteiger partial charge is 0.382 e. The molecule has 1 heterocycles. The van der Waals surface area contributed by atoms with Crippen LogP contribution in [0, 0.1) is 5.92 Å². The average molecular weight is 423 g/mol. The van der Waals surface area contributed by atoms with Gasteiger partial charge in [0.1, 0.15) is 0 Å². The molecule has 0 spiro atoms. The Hall–Kier alpha value is -2.76. The van der Waals surface area contributed by atoms with E-state index in [9.17, 15) is 31.1 Å². The molecule has 1 aromatic rings. The number of amidine groups is 1. The van der Waals surface area contributed by atoms with Gasteiger partial charge in [-0.3, -0.25) is 10.2 Å². The number of hydrazone groups is 1. The molecular formula is C17H19F6N5O. The van der Waals surface area contributed by atoms with Crippen LogP contribution in [-0.4, -0.2) is 43.3 Å². The number of nitrogens with zero attached hydrogens (tertiary/aromatic N) is 2. The number of hydrogen-bond acceptors (Lipinski definition) is 4. The largest absolute Gasteiger partial charge is 0.416 e. The summed E-state index contributed by atoms with van der Waals surface area (Å²) >= 11 is 0. The summed E-state index contributed by atoms with van der Waals surface area (Å²) in [5.41, 5.74) is 4.17. The zero-order valence-electron chi connectivity index (χ0n) is 15.2. The second kappa shape index (κ2) is 8.72. The van der Waals surface area contributed by atoms with E-state index in [0.717, 1.165) is 18.8 Å². The molecule has 0 aromatic heterocycles. The van der Waals surface area contributed by atoms with Gasteiger partial charge in [0.15, 0.2) is 5.84 Å². The standard InChI is InChI=1S/C17H19F6N5O/c1-25-7-10-8-28(9-10)14(29)2-3-26-27-15(24)11-4-12(16(18,19)20)6-13(5-11)17(21,22)23/h2-6,10,25-26H,7-9H2,1H3,(H2,24,27)/b3-2-. The van der Waals surface area contributed by atoms with Gasteiger partial charge in [-0.2, -0.15) is 31.4 Å². The number of carbonyl (C=O) groups is 1. The minimum atomic E-state index is -4.99. The SMILES string of the molecule is CNCC1CN(C(=O)/C=C\N/N=C(\N)c2cc(C(F)(F)F)cc(C(F)(F)F)c2)C1. The number of hydrogen-bond donors (Lipinski definition) is 3. The molecule has 0 radical (unpaired) electrons. The van der Waals surface area contributed by atoms with E-state index in [4.69, 9.17) is 5.73 Å². The number of nitrogens with two attached hydrogens (primary N) is 1. The fourth-order valence-corrected chi connectivity index (χ4v) is 2.66. The third-order valence-electron chi connectivity index (χ3n) is 4.13. The molecule has 0 bridgehead atoms. The first-order valence-electron chi connectivity index (χ1n) is 8.40. The first-order valence-corrected chi connectivity index (χ1v) is 8.40. The number of rotatable bonds is 6. The molecule has 4 N–H and O–H groups in total. The van der Waals surface area contributed by atoms with Crippen molar-refractivity contribution in [3.8, 4) is 0 Å². The second-order valence-corrected chi connectivity index (χ2v) is 6.42. The molecule has 1 aliphatic rings. The van der Waals surface area contributed by atoms with E-state index in [0.29, 0.717) is 31.1 Å². The van der Waals surface area contributed by atoms with E-state index in [1.807, 2.05) is 0 Å². The van der Waals surface area contributed by atoms with Crippen molar-refractivity contribution in [1.29, 1.82) is 0 Å². The summed E-state index contributed by atoms with van der Waals surface area (Å²) in [4.78, 5) is 13.4. The zero-order chi connectivity index (χ0) is 21.8. The van der Waals surface area contributed by atoms with Crippen LogP contribution in [0.1, 0.15) is 16.7 Å². The molecule has 1 fully saturated rings. The molecule has 160 valence electrons. The first kappa shape index (κ1) is 22.5. The summed E-state index contributed by atoms with van der Waals surface area (Å²) in [6.45, 7) is 1.95. The average Bonchev–Trinajstić information content (AvgIpc) is 2.59. The van der Waals surface area contributed by atoms with Crippen LogP contribution in [-0.2, 0) is 17.1 Å². The Labute approximate surface area is 162 Å². The van der Waals surface area contributed by atoms with E-state index >= 15 is 0 Å².